The first-order valence-electron chi connectivity index (χ1n) is 10.7. The normalized spacial score (nSPS) is 14.8. The summed E-state index contributed by atoms with van der Waals surface area (Å²) >= 11 is 0. The third-order valence-corrected chi connectivity index (χ3v) is 5.91. The van der Waals surface area contributed by atoms with Crippen LogP contribution in [-0.2, 0) is 6.18 Å². The van der Waals surface area contributed by atoms with Gasteiger partial charge in [0.2, 0.25) is 0 Å². The molecule has 1 amide bonds. The average Bonchev–Trinajstić information content (AvgIpc) is 3.28. The van der Waals surface area contributed by atoms with Gasteiger partial charge in [-0.15, -0.1) is 0 Å². The van der Waals surface area contributed by atoms with Gasteiger partial charge in [-0.25, -0.2) is 4.98 Å². The van der Waals surface area contributed by atoms with Crippen LogP contribution in [0.15, 0.2) is 30.5 Å². The minimum atomic E-state index is -4.41. The van der Waals surface area contributed by atoms with Crippen molar-refractivity contribution in [3.8, 4) is 17.2 Å². The Kier molecular flexibility index (Phi) is 6.45. The van der Waals surface area contributed by atoms with Crippen LogP contribution in [0.3, 0.4) is 0 Å². The van der Waals surface area contributed by atoms with Crippen molar-refractivity contribution in [1.29, 1.82) is 0 Å². The SMILES string of the molecule is COc1cc(OC)c2cc(C(=O)NC3CCN(c4ccc(C(F)(F)F)cn4)CC3)[nH]c2c1OC. The number of amides is 1. The van der Waals surface area contributed by atoms with E-state index in [0.29, 0.717) is 65.6 Å². The van der Waals surface area contributed by atoms with E-state index in [-0.39, 0.29) is 11.9 Å². The second kappa shape index (κ2) is 9.32. The fourth-order valence-corrected chi connectivity index (χ4v) is 4.12. The number of aromatic nitrogens is 2. The van der Waals surface area contributed by atoms with Gasteiger partial charge in [-0.2, -0.15) is 13.2 Å². The highest BCUT2D eigenvalue weighted by atomic mass is 19.4. The van der Waals surface area contributed by atoms with Gasteiger partial charge >= 0.3 is 6.18 Å². The number of hydrogen-bond donors (Lipinski definition) is 2. The first-order valence-corrected chi connectivity index (χ1v) is 10.7. The third kappa shape index (κ3) is 4.55. The molecule has 2 N–H and O–H groups in total. The lowest BCUT2D eigenvalue weighted by atomic mass is 10.0. The van der Waals surface area contributed by atoms with Crippen molar-refractivity contribution in [1.82, 2.24) is 15.3 Å². The van der Waals surface area contributed by atoms with Crippen LogP contribution < -0.4 is 24.4 Å². The minimum absolute atomic E-state index is 0.0806. The van der Waals surface area contributed by atoms with Crippen molar-refractivity contribution in [2.75, 3.05) is 39.3 Å². The summed E-state index contributed by atoms with van der Waals surface area (Å²) in [5, 5.41) is 3.71. The summed E-state index contributed by atoms with van der Waals surface area (Å²) in [5.41, 5.74) is 0.168. The van der Waals surface area contributed by atoms with Crippen molar-refractivity contribution in [2.24, 2.45) is 0 Å². The molecule has 0 spiro atoms. The highest BCUT2D eigenvalue weighted by Gasteiger charge is 2.31. The number of methoxy groups -OCH3 is 3. The van der Waals surface area contributed by atoms with Gasteiger partial charge in [-0.3, -0.25) is 4.79 Å². The molecule has 0 bridgehead atoms. The standard InChI is InChI=1S/C23H25F3N4O4/c1-32-17-11-18(33-2)21(34-3)20-15(17)10-16(29-20)22(31)28-14-6-8-30(9-7-14)19-5-4-13(12-27-19)23(24,25)26/h4-5,10-12,14,29H,6-9H2,1-3H3,(H,28,31). The van der Waals surface area contributed by atoms with E-state index in [1.807, 2.05) is 4.90 Å². The predicted octanol–water partition coefficient (Wildman–Crippen LogP) is 4.01. The molecular weight excluding hydrogens is 453 g/mol. The summed E-state index contributed by atoms with van der Waals surface area (Å²) in [6, 6.07) is 5.72. The number of benzene rings is 1. The van der Waals surface area contributed by atoms with Gasteiger partial charge in [0.1, 0.15) is 17.3 Å². The molecule has 0 radical (unpaired) electrons. The number of piperidine rings is 1. The smallest absolute Gasteiger partial charge is 0.417 e. The van der Waals surface area contributed by atoms with Crippen LogP contribution in [0.2, 0.25) is 0 Å². The number of carbonyl (C=O) groups is 1. The largest absolute Gasteiger partial charge is 0.496 e. The first-order chi connectivity index (χ1) is 16.2. The zero-order chi connectivity index (χ0) is 24.5. The Morgan fingerprint density at radius 2 is 1.79 bits per heavy atom. The number of anilines is 1. The van der Waals surface area contributed by atoms with Crippen LogP contribution in [-0.4, -0.2) is 56.3 Å². The van der Waals surface area contributed by atoms with E-state index < -0.39 is 11.7 Å². The Labute approximate surface area is 194 Å². The number of ether oxygens (including phenoxy) is 3. The maximum Gasteiger partial charge on any atom is 0.417 e. The van der Waals surface area contributed by atoms with Gasteiger partial charge in [0.15, 0.2) is 11.5 Å². The molecule has 3 heterocycles. The molecule has 2 aromatic heterocycles. The Morgan fingerprint density at radius 1 is 1.09 bits per heavy atom. The fraction of sp³-hybridized carbons (Fsp3) is 0.391. The second-order valence-corrected chi connectivity index (χ2v) is 7.92. The highest BCUT2D eigenvalue weighted by molar-refractivity contribution is 6.02. The number of aromatic amines is 1. The van der Waals surface area contributed by atoms with Crippen LogP contribution >= 0.6 is 0 Å². The molecule has 1 aliphatic rings. The molecule has 34 heavy (non-hydrogen) atoms. The number of pyridine rings is 1. The number of hydrogen-bond acceptors (Lipinski definition) is 6. The number of H-pyrrole nitrogens is 1. The van der Waals surface area contributed by atoms with Gasteiger partial charge in [-0.1, -0.05) is 0 Å². The highest BCUT2D eigenvalue weighted by Crippen LogP contribution is 2.41. The third-order valence-electron chi connectivity index (χ3n) is 5.91. The van der Waals surface area contributed by atoms with Gasteiger partial charge in [0.05, 0.1) is 32.4 Å². The molecule has 8 nitrogen and oxygen atoms in total. The lowest BCUT2D eigenvalue weighted by Gasteiger charge is -2.33. The molecular formula is C23H25F3N4O4. The van der Waals surface area contributed by atoms with Crippen LogP contribution in [0.5, 0.6) is 17.2 Å². The predicted molar refractivity (Wildman–Crippen MR) is 120 cm³/mol. The van der Waals surface area contributed by atoms with E-state index in [9.17, 15) is 18.0 Å². The molecule has 0 unspecified atom stereocenters. The summed E-state index contributed by atoms with van der Waals surface area (Å²) in [4.78, 5) is 21.9. The maximum absolute atomic E-state index is 12.9. The molecule has 182 valence electrons. The summed E-state index contributed by atoms with van der Waals surface area (Å²) in [6.45, 7) is 1.13. The van der Waals surface area contributed by atoms with E-state index >= 15 is 0 Å². The Hall–Kier alpha value is -3.63. The lowest BCUT2D eigenvalue weighted by molar-refractivity contribution is -0.137. The van der Waals surface area contributed by atoms with Gasteiger partial charge in [-0.05, 0) is 31.0 Å². The van der Waals surface area contributed by atoms with Crippen molar-refractivity contribution in [3.63, 3.8) is 0 Å². The summed E-state index contributed by atoms with van der Waals surface area (Å²) in [5.74, 6) is 1.70. The maximum atomic E-state index is 12.9. The fourth-order valence-electron chi connectivity index (χ4n) is 4.12. The molecule has 1 fully saturated rings. The van der Waals surface area contributed by atoms with Gasteiger partial charge < -0.3 is 29.4 Å². The van der Waals surface area contributed by atoms with E-state index in [0.717, 1.165) is 12.3 Å². The van der Waals surface area contributed by atoms with E-state index in [4.69, 9.17) is 14.2 Å². The molecule has 0 atom stereocenters. The average molecular weight is 478 g/mol. The van der Waals surface area contributed by atoms with E-state index in [2.05, 4.69) is 15.3 Å². The van der Waals surface area contributed by atoms with Crippen LogP contribution in [0.1, 0.15) is 28.9 Å². The van der Waals surface area contributed by atoms with Crippen LogP contribution in [0.4, 0.5) is 19.0 Å². The number of carbonyl (C=O) groups excluding carboxylic acids is 1. The molecule has 1 aliphatic heterocycles. The Bertz CT molecular complexity index is 1170. The van der Waals surface area contributed by atoms with Crippen LogP contribution in [0, 0.1) is 0 Å². The van der Waals surface area contributed by atoms with Crippen molar-refractivity contribution in [2.45, 2.75) is 25.1 Å². The molecule has 3 aromatic rings. The molecule has 0 saturated carbocycles. The topological polar surface area (TPSA) is 88.7 Å². The summed E-state index contributed by atoms with van der Waals surface area (Å²) < 4.78 is 54.5. The first kappa shape index (κ1) is 23.5. The summed E-state index contributed by atoms with van der Waals surface area (Å²) in [7, 11) is 4.57. The second-order valence-electron chi connectivity index (χ2n) is 7.92. The van der Waals surface area contributed by atoms with E-state index in [1.165, 1.54) is 27.4 Å². The van der Waals surface area contributed by atoms with Crippen molar-refractivity contribution >= 4 is 22.6 Å². The Morgan fingerprint density at radius 3 is 2.35 bits per heavy atom. The Balaban J connectivity index is 1.43. The van der Waals surface area contributed by atoms with E-state index in [1.54, 1.807) is 12.1 Å². The number of rotatable bonds is 6. The zero-order valence-corrected chi connectivity index (χ0v) is 19.0. The molecule has 11 heteroatoms. The lowest BCUT2D eigenvalue weighted by Crippen LogP contribution is -2.45. The number of halogens is 3. The number of alkyl halides is 3. The molecule has 0 aliphatic carbocycles. The quantitative estimate of drug-likeness (QED) is 0.557. The molecule has 4 rings (SSSR count). The number of nitrogens with one attached hydrogen (secondary N) is 2. The van der Waals surface area contributed by atoms with Crippen molar-refractivity contribution in [3.05, 3.63) is 41.7 Å². The number of fused-ring (bicyclic) bond motifs is 1. The van der Waals surface area contributed by atoms with Crippen LogP contribution in [0.25, 0.3) is 10.9 Å². The number of nitrogens with zero attached hydrogens (tertiary/aromatic N) is 2. The van der Waals surface area contributed by atoms with Gasteiger partial charge in [0.25, 0.3) is 5.91 Å². The minimum Gasteiger partial charge on any atom is -0.496 e. The van der Waals surface area contributed by atoms with Crippen molar-refractivity contribution < 1.29 is 32.2 Å². The van der Waals surface area contributed by atoms with Gasteiger partial charge in [0, 0.05) is 36.8 Å². The molecule has 1 aromatic carbocycles. The summed E-state index contributed by atoms with van der Waals surface area (Å²) in [6.07, 6.45) is -2.30. The molecule has 1 saturated heterocycles. The monoisotopic (exact) mass is 478 g/mol. The zero-order valence-electron chi connectivity index (χ0n) is 19.0.